The van der Waals surface area contributed by atoms with Crippen molar-refractivity contribution in [3.05, 3.63) is 54.9 Å². The summed E-state index contributed by atoms with van der Waals surface area (Å²) in [5.41, 5.74) is 1.13. The van der Waals surface area contributed by atoms with Crippen LogP contribution in [0.2, 0.25) is 0 Å². The van der Waals surface area contributed by atoms with E-state index in [1.807, 2.05) is 18.6 Å². The van der Waals surface area contributed by atoms with Gasteiger partial charge in [0.2, 0.25) is 0 Å². The Kier molecular flexibility index (Phi) is 10.4. The number of nitrogens with one attached hydrogen (secondary N) is 1. The van der Waals surface area contributed by atoms with E-state index in [9.17, 15) is 0 Å². The minimum atomic E-state index is -0.250. The predicted octanol–water partition coefficient (Wildman–Crippen LogP) is 3.63. The summed E-state index contributed by atoms with van der Waals surface area (Å²) in [6.45, 7) is 0.427. The standard InChI is InChI=1S/C20H24N4O.2CH2O2/c1-2-5-17(4-1)25-18-9-7-16(8-10-18)20-23-13-15-24(20)14-3-6-19-21-11-12-22-19;2*2-1-3/h7-13,15,17H,1-6,14H2,(H,21,22);2*1H,(H,2,3). The van der Waals surface area contributed by atoms with E-state index in [1.165, 1.54) is 25.7 Å². The number of nitrogens with zero attached hydrogens (tertiary/aromatic N) is 3. The number of aryl methyl sites for hydroxylation is 2. The van der Waals surface area contributed by atoms with Gasteiger partial charge in [0.05, 0.1) is 6.10 Å². The summed E-state index contributed by atoms with van der Waals surface area (Å²) in [5.74, 6) is 3.01. The van der Waals surface area contributed by atoms with E-state index in [4.69, 9.17) is 24.5 Å². The van der Waals surface area contributed by atoms with Crippen LogP contribution in [0.25, 0.3) is 11.4 Å². The molecule has 4 rings (SSSR count). The Morgan fingerprint density at radius 3 is 2.35 bits per heavy atom. The second-order valence-corrected chi connectivity index (χ2v) is 6.84. The van der Waals surface area contributed by atoms with Gasteiger partial charge in [-0.05, 0) is 56.4 Å². The van der Waals surface area contributed by atoms with Crippen molar-refractivity contribution in [1.82, 2.24) is 19.5 Å². The predicted molar refractivity (Wildman–Crippen MR) is 115 cm³/mol. The van der Waals surface area contributed by atoms with E-state index in [0.29, 0.717) is 6.10 Å². The number of H-pyrrole nitrogens is 1. The molecule has 9 nitrogen and oxygen atoms in total. The average Bonchev–Trinajstić information content (AvgIpc) is 3.53. The van der Waals surface area contributed by atoms with Crippen molar-refractivity contribution in [3.8, 4) is 17.1 Å². The Labute approximate surface area is 180 Å². The number of ether oxygens (including phenoxy) is 1. The van der Waals surface area contributed by atoms with Gasteiger partial charge in [-0.25, -0.2) is 9.97 Å². The number of rotatable bonds is 7. The lowest BCUT2D eigenvalue weighted by Gasteiger charge is -2.13. The van der Waals surface area contributed by atoms with Crippen molar-refractivity contribution >= 4 is 12.9 Å². The molecule has 2 heterocycles. The van der Waals surface area contributed by atoms with Gasteiger partial charge in [0.15, 0.2) is 0 Å². The Bertz CT molecular complexity index is 866. The van der Waals surface area contributed by atoms with Gasteiger partial charge in [-0.3, -0.25) is 9.59 Å². The number of imidazole rings is 2. The zero-order valence-corrected chi connectivity index (χ0v) is 17.3. The first kappa shape index (κ1) is 23.7. The van der Waals surface area contributed by atoms with Gasteiger partial charge in [0.1, 0.15) is 17.4 Å². The third kappa shape index (κ3) is 7.96. The number of aromatic nitrogens is 4. The molecule has 0 spiro atoms. The Hall–Kier alpha value is -3.62. The Morgan fingerprint density at radius 2 is 1.74 bits per heavy atom. The molecular formula is C22H28N4O5. The second-order valence-electron chi connectivity index (χ2n) is 6.84. The summed E-state index contributed by atoms with van der Waals surface area (Å²) in [5, 5.41) is 13.8. The smallest absolute Gasteiger partial charge is 0.290 e. The number of carbonyl (C=O) groups is 2. The van der Waals surface area contributed by atoms with E-state index >= 15 is 0 Å². The first-order valence-corrected chi connectivity index (χ1v) is 10.1. The number of benzene rings is 1. The van der Waals surface area contributed by atoms with E-state index in [1.54, 1.807) is 6.20 Å². The summed E-state index contributed by atoms with van der Waals surface area (Å²) < 4.78 is 8.25. The minimum absolute atomic E-state index is 0.250. The summed E-state index contributed by atoms with van der Waals surface area (Å²) in [7, 11) is 0. The van der Waals surface area contributed by atoms with Crippen molar-refractivity contribution in [2.75, 3.05) is 0 Å². The maximum atomic E-state index is 8.36. The molecule has 0 unspecified atom stereocenters. The van der Waals surface area contributed by atoms with Crippen molar-refractivity contribution in [3.63, 3.8) is 0 Å². The van der Waals surface area contributed by atoms with Crippen LogP contribution in [0, 0.1) is 0 Å². The minimum Gasteiger partial charge on any atom is -0.490 e. The molecule has 3 N–H and O–H groups in total. The number of carboxylic acid groups (broad SMARTS) is 2. The van der Waals surface area contributed by atoms with Crippen LogP contribution in [0.5, 0.6) is 5.75 Å². The van der Waals surface area contributed by atoms with Gasteiger partial charge in [-0.2, -0.15) is 0 Å². The molecule has 0 radical (unpaired) electrons. The van der Waals surface area contributed by atoms with Crippen molar-refractivity contribution in [1.29, 1.82) is 0 Å². The highest BCUT2D eigenvalue weighted by Crippen LogP contribution is 2.26. The van der Waals surface area contributed by atoms with Gasteiger partial charge in [-0.1, -0.05) is 0 Å². The van der Waals surface area contributed by atoms with Crippen LogP contribution in [0.1, 0.15) is 37.9 Å². The van der Waals surface area contributed by atoms with E-state index in [2.05, 4.69) is 43.8 Å². The normalized spacial score (nSPS) is 12.8. The molecule has 3 aromatic rings. The lowest BCUT2D eigenvalue weighted by molar-refractivity contribution is -0.123. The summed E-state index contributed by atoms with van der Waals surface area (Å²) in [6.07, 6.45) is 14.9. The van der Waals surface area contributed by atoms with Gasteiger partial charge >= 0.3 is 0 Å². The molecule has 0 amide bonds. The Balaban J connectivity index is 0.000000513. The fraction of sp³-hybridized carbons (Fsp3) is 0.364. The number of hydrogen-bond donors (Lipinski definition) is 3. The van der Waals surface area contributed by atoms with Gasteiger partial charge in [-0.15, -0.1) is 0 Å². The molecular weight excluding hydrogens is 400 g/mol. The number of aromatic amines is 1. The van der Waals surface area contributed by atoms with Crippen LogP contribution in [0.15, 0.2) is 49.1 Å². The summed E-state index contributed by atoms with van der Waals surface area (Å²) >= 11 is 0. The molecule has 1 saturated carbocycles. The van der Waals surface area contributed by atoms with Gasteiger partial charge in [0, 0.05) is 43.3 Å². The first-order chi connectivity index (χ1) is 15.2. The fourth-order valence-electron chi connectivity index (χ4n) is 3.48. The number of hydrogen-bond acceptors (Lipinski definition) is 5. The molecule has 1 fully saturated rings. The van der Waals surface area contributed by atoms with Crippen LogP contribution in [0.4, 0.5) is 0 Å². The molecule has 1 aromatic carbocycles. The lowest BCUT2D eigenvalue weighted by Crippen LogP contribution is -2.10. The lowest BCUT2D eigenvalue weighted by atomic mass is 10.2. The van der Waals surface area contributed by atoms with Crippen LogP contribution in [-0.4, -0.2) is 48.8 Å². The molecule has 0 aliphatic heterocycles. The van der Waals surface area contributed by atoms with Gasteiger partial charge < -0.3 is 24.5 Å². The summed E-state index contributed by atoms with van der Waals surface area (Å²) in [6, 6.07) is 8.34. The van der Waals surface area contributed by atoms with E-state index in [-0.39, 0.29) is 12.9 Å². The summed E-state index contributed by atoms with van der Waals surface area (Å²) in [4.78, 5) is 28.7. The maximum absolute atomic E-state index is 8.36. The Morgan fingerprint density at radius 1 is 1.06 bits per heavy atom. The van der Waals surface area contributed by atoms with E-state index in [0.717, 1.165) is 42.3 Å². The van der Waals surface area contributed by atoms with Crippen LogP contribution in [0.3, 0.4) is 0 Å². The molecule has 1 aliphatic rings. The topological polar surface area (TPSA) is 130 Å². The highest BCUT2D eigenvalue weighted by Gasteiger charge is 2.16. The molecule has 2 aromatic heterocycles. The maximum Gasteiger partial charge on any atom is 0.290 e. The zero-order chi connectivity index (χ0) is 22.3. The van der Waals surface area contributed by atoms with Crippen molar-refractivity contribution in [2.45, 2.75) is 51.2 Å². The third-order valence-corrected chi connectivity index (χ3v) is 4.80. The monoisotopic (exact) mass is 428 g/mol. The first-order valence-electron chi connectivity index (χ1n) is 10.1. The molecule has 9 heteroatoms. The molecule has 31 heavy (non-hydrogen) atoms. The van der Waals surface area contributed by atoms with Crippen molar-refractivity contribution in [2.24, 2.45) is 0 Å². The molecule has 0 bridgehead atoms. The van der Waals surface area contributed by atoms with Crippen LogP contribution in [-0.2, 0) is 22.6 Å². The quantitative estimate of drug-likeness (QED) is 0.490. The highest BCUT2D eigenvalue weighted by molar-refractivity contribution is 5.56. The largest absolute Gasteiger partial charge is 0.490 e. The highest BCUT2D eigenvalue weighted by atomic mass is 16.5. The zero-order valence-electron chi connectivity index (χ0n) is 17.3. The van der Waals surface area contributed by atoms with E-state index < -0.39 is 0 Å². The average molecular weight is 428 g/mol. The van der Waals surface area contributed by atoms with Crippen LogP contribution >= 0.6 is 0 Å². The molecule has 166 valence electrons. The molecule has 0 atom stereocenters. The molecule has 0 saturated heterocycles. The van der Waals surface area contributed by atoms with Gasteiger partial charge in [0.25, 0.3) is 12.9 Å². The molecule has 1 aliphatic carbocycles. The van der Waals surface area contributed by atoms with Crippen molar-refractivity contribution < 1.29 is 24.5 Å². The second kappa shape index (κ2) is 13.6. The van der Waals surface area contributed by atoms with Crippen LogP contribution < -0.4 is 4.74 Å². The fourth-order valence-corrected chi connectivity index (χ4v) is 3.48. The SMILES string of the molecule is O=CO.O=CO.c1c[nH]c(CCCn2ccnc2-c2ccc(OC3CCCC3)cc2)n1. The third-order valence-electron chi connectivity index (χ3n) is 4.80.